The molecule has 156 valence electrons. The SMILES string of the molecule is NC(=O)C1Cc2ccccc2CN1Cc1nc2cc(-c3ccc(Cl)cc3)sc2c(=O)[nH]1. The van der Waals surface area contributed by atoms with Gasteiger partial charge in [0, 0.05) is 16.4 Å². The number of halogens is 1. The summed E-state index contributed by atoms with van der Waals surface area (Å²) in [6.45, 7) is 0.907. The lowest BCUT2D eigenvalue weighted by Crippen LogP contribution is -2.48. The highest BCUT2D eigenvalue weighted by molar-refractivity contribution is 7.22. The van der Waals surface area contributed by atoms with Gasteiger partial charge in [-0.25, -0.2) is 4.98 Å². The lowest BCUT2D eigenvalue weighted by molar-refractivity contribution is -0.124. The fraction of sp³-hybridized carbons (Fsp3) is 0.174. The number of benzene rings is 2. The summed E-state index contributed by atoms with van der Waals surface area (Å²) in [6, 6.07) is 17.0. The van der Waals surface area contributed by atoms with Gasteiger partial charge < -0.3 is 10.7 Å². The molecule has 8 heteroatoms. The van der Waals surface area contributed by atoms with Crippen LogP contribution in [-0.4, -0.2) is 26.8 Å². The van der Waals surface area contributed by atoms with Gasteiger partial charge in [-0.15, -0.1) is 11.3 Å². The second-order valence-corrected chi connectivity index (χ2v) is 9.13. The average molecular weight is 451 g/mol. The number of amides is 1. The van der Waals surface area contributed by atoms with Crippen LogP contribution in [0.25, 0.3) is 20.7 Å². The van der Waals surface area contributed by atoms with Crippen molar-refractivity contribution in [1.29, 1.82) is 0 Å². The number of hydrogen-bond acceptors (Lipinski definition) is 5. The van der Waals surface area contributed by atoms with E-state index in [4.69, 9.17) is 17.3 Å². The lowest BCUT2D eigenvalue weighted by Gasteiger charge is -2.34. The lowest BCUT2D eigenvalue weighted by atomic mass is 9.93. The van der Waals surface area contributed by atoms with Gasteiger partial charge in [0.1, 0.15) is 10.5 Å². The number of nitrogens with one attached hydrogen (secondary N) is 1. The van der Waals surface area contributed by atoms with Crippen molar-refractivity contribution >= 4 is 39.1 Å². The van der Waals surface area contributed by atoms with Crippen LogP contribution in [0, 0.1) is 0 Å². The van der Waals surface area contributed by atoms with E-state index in [0.29, 0.717) is 40.6 Å². The summed E-state index contributed by atoms with van der Waals surface area (Å²) in [5.74, 6) is 0.141. The molecule has 1 atom stereocenters. The number of aromatic amines is 1. The zero-order chi connectivity index (χ0) is 21.5. The van der Waals surface area contributed by atoms with E-state index in [9.17, 15) is 9.59 Å². The Kier molecular flexibility index (Phi) is 5.09. The summed E-state index contributed by atoms with van der Waals surface area (Å²) in [4.78, 5) is 35.3. The molecule has 5 rings (SSSR count). The van der Waals surface area contributed by atoms with Gasteiger partial charge in [-0.3, -0.25) is 14.5 Å². The molecule has 0 saturated carbocycles. The van der Waals surface area contributed by atoms with Crippen molar-refractivity contribution in [3.8, 4) is 10.4 Å². The molecule has 0 spiro atoms. The number of nitrogens with two attached hydrogens (primary N) is 1. The fourth-order valence-electron chi connectivity index (χ4n) is 4.04. The third kappa shape index (κ3) is 3.87. The predicted octanol–water partition coefficient (Wildman–Crippen LogP) is 3.72. The van der Waals surface area contributed by atoms with Crippen LogP contribution in [0.1, 0.15) is 17.0 Å². The number of primary amides is 1. The Morgan fingerprint density at radius 2 is 1.94 bits per heavy atom. The molecule has 6 nitrogen and oxygen atoms in total. The van der Waals surface area contributed by atoms with E-state index in [1.165, 1.54) is 11.3 Å². The molecule has 1 amide bonds. The third-order valence-corrected chi connectivity index (χ3v) is 7.01. The van der Waals surface area contributed by atoms with Crippen molar-refractivity contribution in [3.05, 3.63) is 86.9 Å². The minimum Gasteiger partial charge on any atom is -0.368 e. The van der Waals surface area contributed by atoms with Crippen LogP contribution >= 0.6 is 22.9 Å². The Labute approximate surface area is 187 Å². The molecular weight excluding hydrogens is 432 g/mol. The number of aromatic nitrogens is 2. The summed E-state index contributed by atoms with van der Waals surface area (Å²) >= 11 is 7.38. The summed E-state index contributed by atoms with van der Waals surface area (Å²) < 4.78 is 0.573. The van der Waals surface area contributed by atoms with Crippen molar-refractivity contribution in [1.82, 2.24) is 14.9 Å². The smallest absolute Gasteiger partial charge is 0.268 e. The minimum absolute atomic E-state index is 0.182. The van der Waals surface area contributed by atoms with Gasteiger partial charge in [0.05, 0.1) is 18.1 Å². The zero-order valence-corrected chi connectivity index (χ0v) is 18.0. The van der Waals surface area contributed by atoms with Gasteiger partial charge in [0.2, 0.25) is 5.91 Å². The molecule has 1 unspecified atom stereocenters. The monoisotopic (exact) mass is 450 g/mol. The number of nitrogens with zero attached hydrogens (tertiary/aromatic N) is 2. The van der Waals surface area contributed by atoms with Crippen LogP contribution < -0.4 is 11.3 Å². The van der Waals surface area contributed by atoms with Gasteiger partial charge in [-0.2, -0.15) is 0 Å². The topological polar surface area (TPSA) is 92.1 Å². The van der Waals surface area contributed by atoms with Crippen LogP contribution in [0.5, 0.6) is 0 Å². The maximum atomic E-state index is 12.7. The van der Waals surface area contributed by atoms with Crippen LogP contribution in [0.15, 0.2) is 59.4 Å². The van der Waals surface area contributed by atoms with Gasteiger partial charge in [-0.05, 0) is 41.3 Å². The van der Waals surface area contributed by atoms with Crippen LogP contribution in [0.4, 0.5) is 0 Å². The molecule has 4 aromatic rings. The van der Waals surface area contributed by atoms with Gasteiger partial charge in [0.15, 0.2) is 0 Å². The summed E-state index contributed by atoms with van der Waals surface area (Å²) in [7, 11) is 0. The maximum Gasteiger partial charge on any atom is 0.268 e. The van der Waals surface area contributed by atoms with E-state index in [-0.39, 0.29) is 11.5 Å². The Bertz CT molecular complexity index is 1350. The first-order valence-electron chi connectivity index (χ1n) is 9.87. The van der Waals surface area contributed by atoms with E-state index in [2.05, 4.69) is 16.0 Å². The highest BCUT2D eigenvalue weighted by atomic mass is 35.5. The van der Waals surface area contributed by atoms with E-state index in [1.807, 2.05) is 53.4 Å². The number of hydrogen-bond donors (Lipinski definition) is 2. The first kappa shape index (κ1) is 19.9. The number of fused-ring (bicyclic) bond motifs is 2. The van der Waals surface area contributed by atoms with Crippen LogP contribution in [-0.2, 0) is 24.3 Å². The molecule has 2 aromatic carbocycles. The quantitative estimate of drug-likeness (QED) is 0.495. The van der Waals surface area contributed by atoms with E-state index < -0.39 is 6.04 Å². The van der Waals surface area contributed by atoms with E-state index >= 15 is 0 Å². The van der Waals surface area contributed by atoms with Gasteiger partial charge in [-0.1, -0.05) is 48.0 Å². The Balaban J connectivity index is 1.48. The van der Waals surface area contributed by atoms with Crippen molar-refractivity contribution in [3.63, 3.8) is 0 Å². The second kappa shape index (κ2) is 7.92. The molecule has 3 N–H and O–H groups in total. The van der Waals surface area contributed by atoms with E-state index in [0.717, 1.165) is 21.6 Å². The zero-order valence-electron chi connectivity index (χ0n) is 16.5. The summed E-state index contributed by atoms with van der Waals surface area (Å²) in [5, 5.41) is 0.662. The number of carbonyl (C=O) groups excluding carboxylic acids is 1. The standard InChI is InChI=1S/C23H19ClN4O2S/c24-16-7-5-13(6-8-16)19-10-17-21(31-19)23(30)27-20(26-17)12-28-11-15-4-2-1-3-14(15)9-18(28)22(25)29/h1-8,10,18H,9,11-12H2,(H2,25,29)(H,26,27,30). The number of thiophene rings is 1. The summed E-state index contributed by atoms with van der Waals surface area (Å²) in [5.41, 5.74) is 9.41. The molecule has 31 heavy (non-hydrogen) atoms. The second-order valence-electron chi connectivity index (χ2n) is 7.64. The Morgan fingerprint density at radius 3 is 2.68 bits per heavy atom. The summed E-state index contributed by atoms with van der Waals surface area (Å²) in [6.07, 6.45) is 0.553. The first-order valence-corrected chi connectivity index (χ1v) is 11.1. The maximum absolute atomic E-state index is 12.7. The largest absolute Gasteiger partial charge is 0.368 e. The molecule has 0 bridgehead atoms. The molecule has 0 fully saturated rings. The van der Waals surface area contributed by atoms with Gasteiger partial charge in [0.25, 0.3) is 5.56 Å². The van der Waals surface area contributed by atoms with E-state index in [1.54, 1.807) is 0 Å². The van der Waals surface area contributed by atoms with Gasteiger partial charge >= 0.3 is 0 Å². The highest BCUT2D eigenvalue weighted by Crippen LogP contribution is 2.32. The Hall–Kier alpha value is -3.00. The number of carbonyl (C=O) groups is 1. The first-order chi connectivity index (χ1) is 15.0. The van der Waals surface area contributed by atoms with Crippen molar-refractivity contribution < 1.29 is 4.79 Å². The molecule has 2 aromatic heterocycles. The third-order valence-electron chi connectivity index (χ3n) is 5.59. The molecule has 1 aliphatic rings. The predicted molar refractivity (Wildman–Crippen MR) is 123 cm³/mol. The molecular formula is C23H19ClN4O2S. The number of rotatable bonds is 4. The molecule has 3 heterocycles. The molecule has 1 aliphatic heterocycles. The molecule has 0 aliphatic carbocycles. The minimum atomic E-state index is -0.442. The van der Waals surface area contributed by atoms with Crippen molar-refractivity contribution in [2.75, 3.05) is 0 Å². The average Bonchev–Trinajstić information content (AvgIpc) is 3.18. The molecule has 0 radical (unpaired) electrons. The normalized spacial score (nSPS) is 16.4. The van der Waals surface area contributed by atoms with Crippen LogP contribution in [0.2, 0.25) is 5.02 Å². The fourth-order valence-corrected chi connectivity index (χ4v) is 5.16. The van der Waals surface area contributed by atoms with Crippen molar-refractivity contribution in [2.45, 2.75) is 25.6 Å². The molecule has 0 saturated heterocycles. The highest BCUT2D eigenvalue weighted by Gasteiger charge is 2.30. The number of H-pyrrole nitrogens is 1. The van der Waals surface area contributed by atoms with Crippen molar-refractivity contribution in [2.24, 2.45) is 5.73 Å². The Morgan fingerprint density at radius 1 is 1.19 bits per heavy atom. The van der Waals surface area contributed by atoms with Crippen LogP contribution in [0.3, 0.4) is 0 Å².